The van der Waals surface area contributed by atoms with Crippen LogP contribution in [0.15, 0.2) is 0 Å². The van der Waals surface area contributed by atoms with Gasteiger partial charge in [-0.15, -0.1) is 0 Å². The number of hydrogen-bond donors (Lipinski definition) is 2. The van der Waals surface area contributed by atoms with Gasteiger partial charge < -0.3 is 11.1 Å². The van der Waals surface area contributed by atoms with Gasteiger partial charge in [0.1, 0.15) is 0 Å². The molecule has 1 fully saturated rings. The van der Waals surface area contributed by atoms with Crippen molar-refractivity contribution in [1.29, 1.82) is 0 Å². The largest absolute Gasteiger partial charge is 0.352 e. The Hall–Kier alpha value is -0.610. The first-order chi connectivity index (χ1) is 9.21. The number of amides is 1. The molecule has 1 aliphatic heterocycles. The molecule has 0 bridgehead atoms. The van der Waals surface area contributed by atoms with Gasteiger partial charge in [0.25, 0.3) is 0 Å². The molecule has 0 radical (unpaired) electrons. The lowest BCUT2D eigenvalue weighted by Gasteiger charge is -2.40. The molecule has 0 saturated carbocycles. The summed E-state index contributed by atoms with van der Waals surface area (Å²) in [6, 6.07) is 0.276. The fourth-order valence-corrected chi connectivity index (χ4v) is 3.15. The fraction of sp³-hybridized carbons (Fsp3) is 0.938. The Morgan fingerprint density at radius 2 is 2.00 bits per heavy atom. The molecule has 1 rings (SSSR count). The SMILES string of the molecule is CC(C)C(=O)NC1CC(CC(C)(C)C)CN(CCN)C1. The minimum atomic E-state index is 0.0564. The Morgan fingerprint density at radius 1 is 1.35 bits per heavy atom. The molecule has 3 N–H and O–H groups in total. The van der Waals surface area contributed by atoms with E-state index in [1.165, 1.54) is 6.42 Å². The average molecular weight is 283 g/mol. The summed E-state index contributed by atoms with van der Waals surface area (Å²) in [6.07, 6.45) is 2.29. The second kappa shape index (κ2) is 7.41. The molecule has 0 aliphatic carbocycles. The van der Waals surface area contributed by atoms with Crippen LogP contribution in [0.5, 0.6) is 0 Å². The predicted molar refractivity (Wildman–Crippen MR) is 84.4 cm³/mol. The van der Waals surface area contributed by atoms with E-state index in [1.807, 2.05) is 13.8 Å². The molecule has 2 unspecified atom stereocenters. The maximum Gasteiger partial charge on any atom is 0.222 e. The molecule has 0 spiro atoms. The fourth-order valence-electron chi connectivity index (χ4n) is 3.15. The number of hydrogen-bond acceptors (Lipinski definition) is 3. The van der Waals surface area contributed by atoms with E-state index in [0.717, 1.165) is 26.1 Å². The summed E-state index contributed by atoms with van der Waals surface area (Å²) in [4.78, 5) is 14.3. The first-order valence-corrected chi connectivity index (χ1v) is 7.94. The second-order valence-corrected chi connectivity index (χ2v) is 7.77. The second-order valence-electron chi connectivity index (χ2n) is 7.77. The zero-order chi connectivity index (χ0) is 15.3. The molecule has 2 atom stereocenters. The van der Waals surface area contributed by atoms with Crippen molar-refractivity contribution in [3.05, 3.63) is 0 Å². The highest BCUT2D eigenvalue weighted by atomic mass is 16.1. The van der Waals surface area contributed by atoms with Gasteiger partial charge in [0.05, 0.1) is 0 Å². The average Bonchev–Trinajstić information content (AvgIpc) is 2.26. The standard InChI is InChI=1S/C16H33N3O/c1-12(2)15(20)18-14-8-13(9-16(3,4)5)10-19(11-14)7-6-17/h12-14H,6-11,17H2,1-5H3,(H,18,20). The van der Waals surface area contributed by atoms with Crippen LogP contribution in [-0.4, -0.2) is 43.0 Å². The summed E-state index contributed by atoms with van der Waals surface area (Å²) >= 11 is 0. The van der Waals surface area contributed by atoms with E-state index in [4.69, 9.17) is 5.73 Å². The number of nitrogens with two attached hydrogens (primary N) is 1. The van der Waals surface area contributed by atoms with Gasteiger partial charge in [0, 0.05) is 38.1 Å². The Morgan fingerprint density at radius 3 is 2.50 bits per heavy atom. The van der Waals surface area contributed by atoms with Crippen LogP contribution in [0.3, 0.4) is 0 Å². The van der Waals surface area contributed by atoms with Crippen molar-refractivity contribution in [2.45, 2.75) is 53.5 Å². The highest BCUT2D eigenvalue weighted by molar-refractivity contribution is 5.78. The third-order valence-corrected chi connectivity index (χ3v) is 3.83. The molecule has 0 aromatic heterocycles. The van der Waals surface area contributed by atoms with Gasteiger partial charge in [-0.05, 0) is 24.2 Å². The molecule has 4 heteroatoms. The highest BCUT2D eigenvalue weighted by Gasteiger charge is 2.30. The maximum atomic E-state index is 11.9. The number of likely N-dealkylation sites (tertiary alicyclic amines) is 1. The van der Waals surface area contributed by atoms with E-state index in [1.54, 1.807) is 0 Å². The topological polar surface area (TPSA) is 58.4 Å². The van der Waals surface area contributed by atoms with Crippen LogP contribution in [0.25, 0.3) is 0 Å². The van der Waals surface area contributed by atoms with Crippen molar-refractivity contribution in [3.63, 3.8) is 0 Å². The van der Waals surface area contributed by atoms with Crippen molar-refractivity contribution >= 4 is 5.91 Å². The lowest BCUT2D eigenvalue weighted by atomic mass is 9.80. The van der Waals surface area contributed by atoms with Gasteiger partial charge in [-0.2, -0.15) is 0 Å². The maximum absolute atomic E-state index is 11.9. The molecule has 0 aromatic rings. The van der Waals surface area contributed by atoms with Crippen molar-refractivity contribution in [2.24, 2.45) is 23.0 Å². The number of nitrogens with one attached hydrogen (secondary N) is 1. The summed E-state index contributed by atoms with van der Waals surface area (Å²) in [5.74, 6) is 0.868. The molecule has 1 heterocycles. The summed E-state index contributed by atoms with van der Waals surface area (Å²) in [5.41, 5.74) is 6.03. The van der Waals surface area contributed by atoms with E-state index in [0.29, 0.717) is 17.9 Å². The number of rotatable bonds is 5. The van der Waals surface area contributed by atoms with E-state index in [9.17, 15) is 4.79 Å². The number of piperidine rings is 1. The van der Waals surface area contributed by atoms with Gasteiger partial charge in [-0.25, -0.2) is 0 Å². The minimum Gasteiger partial charge on any atom is -0.352 e. The van der Waals surface area contributed by atoms with Crippen LogP contribution < -0.4 is 11.1 Å². The van der Waals surface area contributed by atoms with E-state index in [-0.39, 0.29) is 17.9 Å². The molecule has 1 aliphatic rings. The Bertz CT molecular complexity index is 309. The lowest BCUT2D eigenvalue weighted by molar-refractivity contribution is -0.125. The molecule has 1 saturated heterocycles. The van der Waals surface area contributed by atoms with Crippen LogP contribution in [0, 0.1) is 17.3 Å². The Labute approximate surface area is 124 Å². The third kappa shape index (κ3) is 6.23. The van der Waals surface area contributed by atoms with Crippen LogP contribution >= 0.6 is 0 Å². The normalized spacial score (nSPS) is 24.9. The van der Waals surface area contributed by atoms with E-state index in [2.05, 4.69) is 31.0 Å². The molecule has 1 amide bonds. The van der Waals surface area contributed by atoms with Gasteiger partial charge in [0.2, 0.25) is 5.91 Å². The van der Waals surface area contributed by atoms with Gasteiger partial charge >= 0.3 is 0 Å². The highest BCUT2D eigenvalue weighted by Crippen LogP contribution is 2.30. The molecular weight excluding hydrogens is 250 g/mol. The van der Waals surface area contributed by atoms with Gasteiger partial charge in [-0.3, -0.25) is 9.69 Å². The van der Waals surface area contributed by atoms with E-state index < -0.39 is 0 Å². The zero-order valence-corrected chi connectivity index (χ0v) is 13.9. The lowest BCUT2D eigenvalue weighted by Crippen LogP contribution is -2.52. The summed E-state index contributed by atoms with van der Waals surface area (Å²) in [5, 5.41) is 3.20. The predicted octanol–water partition coefficient (Wildman–Crippen LogP) is 1.84. The summed E-state index contributed by atoms with van der Waals surface area (Å²) < 4.78 is 0. The first-order valence-electron chi connectivity index (χ1n) is 7.94. The number of nitrogens with zero attached hydrogens (tertiary/aromatic N) is 1. The molecule has 0 aromatic carbocycles. The van der Waals surface area contributed by atoms with Crippen molar-refractivity contribution in [1.82, 2.24) is 10.2 Å². The summed E-state index contributed by atoms with van der Waals surface area (Å²) in [7, 11) is 0. The Balaban J connectivity index is 2.62. The minimum absolute atomic E-state index is 0.0564. The number of carbonyl (C=O) groups excluding carboxylic acids is 1. The van der Waals surface area contributed by atoms with E-state index >= 15 is 0 Å². The van der Waals surface area contributed by atoms with Crippen molar-refractivity contribution in [2.75, 3.05) is 26.2 Å². The van der Waals surface area contributed by atoms with Crippen LogP contribution in [-0.2, 0) is 4.79 Å². The van der Waals surface area contributed by atoms with Crippen molar-refractivity contribution < 1.29 is 4.79 Å². The molecule has 4 nitrogen and oxygen atoms in total. The quantitative estimate of drug-likeness (QED) is 0.809. The van der Waals surface area contributed by atoms with Gasteiger partial charge in [0.15, 0.2) is 0 Å². The molecule has 118 valence electrons. The summed E-state index contributed by atoms with van der Waals surface area (Å²) in [6.45, 7) is 14.4. The van der Waals surface area contributed by atoms with Crippen molar-refractivity contribution in [3.8, 4) is 0 Å². The van der Waals surface area contributed by atoms with Crippen LogP contribution in [0.2, 0.25) is 0 Å². The third-order valence-electron chi connectivity index (χ3n) is 3.83. The molecule has 20 heavy (non-hydrogen) atoms. The monoisotopic (exact) mass is 283 g/mol. The molecular formula is C16H33N3O. The zero-order valence-electron chi connectivity index (χ0n) is 13.9. The van der Waals surface area contributed by atoms with Gasteiger partial charge in [-0.1, -0.05) is 34.6 Å². The Kier molecular flexibility index (Phi) is 6.46. The van der Waals surface area contributed by atoms with Crippen LogP contribution in [0.1, 0.15) is 47.5 Å². The smallest absolute Gasteiger partial charge is 0.222 e. The first kappa shape index (κ1) is 17.4. The number of carbonyl (C=O) groups is 1. The van der Waals surface area contributed by atoms with Crippen LogP contribution in [0.4, 0.5) is 0 Å².